The Balaban J connectivity index is 1.67. The summed E-state index contributed by atoms with van der Waals surface area (Å²) in [7, 11) is 3.27. The summed E-state index contributed by atoms with van der Waals surface area (Å²) in [5.41, 5.74) is 2.86. The highest BCUT2D eigenvalue weighted by Gasteiger charge is 2.08. The first-order chi connectivity index (χ1) is 13.6. The van der Waals surface area contributed by atoms with Crippen LogP contribution in [0.25, 0.3) is 22.0 Å². The molecule has 6 nitrogen and oxygen atoms in total. The van der Waals surface area contributed by atoms with Crippen molar-refractivity contribution < 1.29 is 9.47 Å². The van der Waals surface area contributed by atoms with Crippen LogP contribution in [0.5, 0.6) is 11.5 Å². The minimum atomic E-state index is 0.198. The monoisotopic (exact) mass is 410 g/mol. The highest BCUT2D eigenvalue weighted by Crippen LogP contribution is 2.32. The molecule has 140 valence electrons. The molecule has 0 aliphatic rings. The van der Waals surface area contributed by atoms with Gasteiger partial charge in [-0.2, -0.15) is 0 Å². The van der Waals surface area contributed by atoms with E-state index in [4.69, 9.17) is 21.1 Å². The Morgan fingerprint density at radius 2 is 1.64 bits per heavy atom. The third-order valence-corrected chi connectivity index (χ3v) is 5.04. The van der Waals surface area contributed by atoms with Gasteiger partial charge in [-0.1, -0.05) is 6.07 Å². The molecule has 0 N–H and O–H groups in total. The van der Waals surface area contributed by atoms with Crippen molar-refractivity contribution in [1.29, 1.82) is 0 Å². The molecule has 8 heteroatoms. The molecule has 2 aromatic heterocycles. The van der Waals surface area contributed by atoms with Crippen molar-refractivity contribution >= 4 is 34.3 Å². The van der Waals surface area contributed by atoms with Gasteiger partial charge in [-0.25, -0.2) is 19.9 Å². The molecule has 0 saturated carbocycles. The average Bonchev–Trinajstić information content (AvgIpc) is 2.73. The molecule has 0 atom stereocenters. The fourth-order valence-corrected chi connectivity index (χ4v) is 3.58. The van der Waals surface area contributed by atoms with Crippen LogP contribution in [-0.4, -0.2) is 34.2 Å². The van der Waals surface area contributed by atoms with Gasteiger partial charge >= 0.3 is 0 Å². The molecule has 0 amide bonds. The summed E-state index contributed by atoms with van der Waals surface area (Å²) in [5.74, 6) is 1.47. The van der Waals surface area contributed by atoms with Crippen molar-refractivity contribution in [2.24, 2.45) is 0 Å². The van der Waals surface area contributed by atoms with Crippen molar-refractivity contribution in [3.05, 3.63) is 60.1 Å². The largest absolute Gasteiger partial charge is 0.497 e. The second-order valence-electron chi connectivity index (χ2n) is 5.79. The molecular formula is C20H15ClN4O2S. The van der Waals surface area contributed by atoms with Crippen LogP contribution in [0.3, 0.4) is 0 Å². The van der Waals surface area contributed by atoms with Gasteiger partial charge in [0.1, 0.15) is 16.5 Å². The zero-order valence-electron chi connectivity index (χ0n) is 15.1. The van der Waals surface area contributed by atoms with E-state index in [1.165, 1.54) is 11.8 Å². The van der Waals surface area contributed by atoms with Crippen LogP contribution in [0.2, 0.25) is 5.28 Å². The standard InChI is InChI=1S/C20H15ClN4O2S/c1-26-15-8-13(9-16(10-15)27-2)12-3-4-17-14(7-12)11-23-20(24-17)28-18-5-6-22-19(21)25-18/h3-11H,1-2H3. The van der Waals surface area contributed by atoms with Gasteiger partial charge in [-0.15, -0.1) is 0 Å². The van der Waals surface area contributed by atoms with Crippen LogP contribution < -0.4 is 9.47 Å². The Kier molecular flexibility index (Phi) is 5.27. The Hall–Kier alpha value is -2.90. The number of nitrogens with zero attached hydrogens (tertiary/aromatic N) is 4. The molecule has 0 aliphatic heterocycles. The molecule has 2 heterocycles. The summed E-state index contributed by atoms with van der Waals surface area (Å²) in [6.45, 7) is 0. The fourth-order valence-electron chi connectivity index (χ4n) is 2.69. The third-order valence-electron chi connectivity index (χ3n) is 4.04. The number of rotatable bonds is 5. The summed E-state index contributed by atoms with van der Waals surface area (Å²) >= 11 is 7.17. The van der Waals surface area contributed by atoms with Gasteiger partial charge in [-0.3, -0.25) is 0 Å². The van der Waals surface area contributed by atoms with Gasteiger partial charge in [-0.05, 0) is 64.8 Å². The van der Waals surface area contributed by atoms with Crippen molar-refractivity contribution in [1.82, 2.24) is 19.9 Å². The molecular weight excluding hydrogens is 396 g/mol. The minimum Gasteiger partial charge on any atom is -0.497 e. The summed E-state index contributed by atoms with van der Waals surface area (Å²) in [5, 5.41) is 2.42. The number of aromatic nitrogens is 4. The van der Waals surface area contributed by atoms with Crippen LogP contribution in [0, 0.1) is 0 Å². The second kappa shape index (κ2) is 8.00. The predicted octanol–water partition coefficient (Wildman–Crippen LogP) is 4.91. The Labute approximate surface area is 170 Å². The molecule has 0 spiro atoms. The van der Waals surface area contributed by atoms with Gasteiger partial charge in [0.2, 0.25) is 5.28 Å². The van der Waals surface area contributed by atoms with Crippen LogP contribution in [0.4, 0.5) is 0 Å². The van der Waals surface area contributed by atoms with Crippen molar-refractivity contribution in [3.63, 3.8) is 0 Å². The zero-order chi connectivity index (χ0) is 19.5. The van der Waals surface area contributed by atoms with E-state index in [2.05, 4.69) is 19.9 Å². The molecule has 2 aromatic carbocycles. The van der Waals surface area contributed by atoms with E-state index in [9.17, 15) is 0 Å². The zero-order valence-corrected chi connectivity index (χ0v) is 16.7. The molecule has 4 rings (SSSR count). The fraction of sp³-hybridized carbons (Fsp3) is 0.100. The molecule has 0 saturated heterocycles. The van der Waals surface area contributed by atoms with E-state index >= 15 is 0 Å². The molecule has 4 aromatic rings. The van der Waals surface area contributed by atoms with E-state index in [0.717, 1.165) is 33.5 Å². The lowest BCUT2D eigenvalue weighted by molar-refractivity contribution is 0.394. The lowest BCUT2D eigenvalue weighted by Crippen LogP contribution is -1.91. The molecule has 0 radical (unpaired) electrons. The Morgan fingerprint density at radius 3 is 2.36 bits per heavy atom. The molecule has 28 heavy (non-hydrogen) atoms. The van der Waals surface area contributed by atoms with E-state index in [0.29, 0.717) is 10.2 Å². The second-order valence-corrected chi connectivity index (χ2v) is 7.12. The van der Waals surface area contributed by atoms with Crippen molar-refractivity contribution in [3.8, 4) is 22.6 Å². The van der Waals surface area contributed by atoms with Crippen molar-refractivity contribution in [2.45, 2.75) is 10.2 Å². The quantitative estimate of drug-likeness (QED) is 0.342. The summed E-state index contributed by atoms with van der Waals surface area (Å²) in [4.78, 5) is 17.1. The Bertz CT molecular complexity index is 1130. The molecule has 0 bridgehead atoms. The summed E-state index contributed by atoms with van der Waals surface area (Å²) < 4.78 is 10.7. The summed E-state index contributed by atoms with van der Waals surface area (Å²) in [6.07, 6.45) is 3.40. The normalized spacial score (nSPS) is 10.8. The maximum Gasteiger partial charge on any atom is 0.223 e. The lowest BCUT2D eigenvalue weighted by Gasteiger charge is -2.09. The van der Waals surface area contributed by atoms with E-state index < -0.39 is 0 Å². The highest BCUT2D eigenvalue weighted by molar-refractivity contribution is 7.99. The third kappa shape index (κ3) is 4.00. The van der Waals surface area contributed by atoms with E-state index in [-0.39, 0.29) is 5.28 Å². The van der Waals surface area contributed by atoms with Gasteiger partial charge in [0.25, 0.3) is 0 Å². The number of fused-ring (bicyclic) bond motifs is 1. The van der Waals surface area contributed by atoms with Crippen LogP contribution >= 0.6 is 23.4 Å². The maximum absolute atomic E-state index is 5.83. The van der Waals surface area contributed by atoms with Crippen LogP contribution in [0.1, 0.15) is 0 Å². The number of hydrogen-bond acceptors (Lipinski definition) is 7. The number of hydrogen-bond donors (Lipinski definition) is 0. The van der Waals surface area contributed by atoms with Crippen LogP contribution in [0.15, 0.2) is 65.0 Å². The predicted molar refractivity (Wildman–Crippen MR) is 109 cm³/mol. The average molecular weight is 411 g/mol. The minimum absolute atomic E-state index is 0.198. The van der Waals surface area contributed by atoms with E-state index in [1.54, 1.807) is 32.7 Å². The number of halogens is 1. The SMILES string of the molecule is COc1cc(OC)cc(-c2ccc3nc(Sc4ccnc(Cl)n4)ncc3c2)c1. The Morgan fingerprint density at radius 1 is 0.857 bits per heavy atom. The van der Waals surface area contributed by atoms with Gasteiger partial charge < -0.3 is 9.47 Å². The first-order valence-corrected chi connectivity index (χ1v) is 9.51. The van der Waals surface area contributed by atoms with Crippen molar-refractivity contribution in [2.75, 3.05) is 14.2 Å². The number of benzene rings is 2. The summed E-state index contributed by atoms with van der Waals surface area (Å²) in [6, 6.07) is 13.6. The molecule has 0 unspecified atom stereocenters. The van der Waals surface area contributed by atoms with Gasteiger partial charge in [0.05, 0.1) is 19.7 Å². The number of ether oxygens (including phenoxy) is 2. The first-order valence-electron chi connectivity index (χ1n) is 8.31. The topological polar surface area (TPSA) is 70.0 Å². The van der Waals surface area contributed by atoms with Gasteiger partial charge in [0.15, 0.2) is 5.16 Å². The maximum atomic E-state index is 5.83. The van der Waals surface area contributed by atoms with E-state index in [1.807, 2.05) is 36.4 Å². The first kappa shape index (κ1) is 18.5. The van der Waals surface area contributed by atoms with Crippen LogP contribution in [-0.2, 0) is 0 Å². The number of methoxy groups -OCH3 is 2. The molecule has 0 fully saturated rings. The van der Waals surface area contributed by atoms with Gasteiger partial charge in [0, 0.05) is 23.8 Å². The lowest BCUT2D eigenvalue weighted by atomic mass is 10.0. The molecule has 0 aliphatic carbocycles. The smallest absolute Gasteiger partial charge is 0.223 e. The highest BCUT2D eigenvalue weighted by atomic mass is 35.5.